The van der Waals surface area contributed by atoms with Crippen LogP contribution in [0.25, 0.3) is 0 Å². The first kappa shape index (κ1) is 16.9. The molecule has 0 spiro atoms. The van der Waals surface area contributed by atoms with Crippen molar-refractivity contribution in [1.82, 2.24) is 5.32 Å². The Morgan fingerprint density at radius 2 is 1.78 bits per heavy atom. The van der Waals surface area contributed by atoms with Gasteiger partial charge in [0.25, 0.3) is 5.91 Å². The molecule has 0 unspecified atom stereocenters. The minimum atomic E-state index is -0.381. The summed E-state index contributed by atoms with van der Waals surface area (Å²) in [6.07, 6.45) is 0. The predicted octanol–water partition coefficient (Wildman–Crippen LogP) is 2.70. The number of nitrogens with two attached hydrogens (primary N) is 1. The van der Waals surface area contributed by atoms with Crippen molar-refractivity contribution in [3.63, 3.8) is 0 Å². The molecule has 0 aliphatic carbocycles. The highest BCUT2D eigenvalue weighted by atomic mass is 35.5. The van der Waals surface area contributed by atoms with Crippen LogP contribution in [0.3, 0.4) is 0 Å². The number of rotatable bonds is 4. The summed E-state index contributed by atoms with van der Waals surface area (Å²) in [5.41, 5.74) is 7.35. The summed E-state index contributed by atoms with van der Waals surface area (Å²) in [6.45, 7) is 8.50. The summed E-state index contributed by atoms with van der Waals surface area (Å²) in [7, 11) is 0. The number of halogens is 1. The second-order valence-electron chi connectivity index (χ2n) is 5.45. The SMILES string of the molecule is CC(C)c1ccc(C(=O)NCC(C)(C)N)cc1.Cl. The molecule has 0 radical (unpaired) electrons. The first-order valence-electron chi connectivity index (χ1n) is 5.96. The highest BCUT2D eigenvalue weighted by Gasteiger charge is 2.13. The zero-order chi connectivity index (χ0) is 13.1. The Bertz CT molecular complexity index is 380. The molecule has 1 amide bonds. The van der Waals surface area contributed by atoms with E-state index in [9.17, 15) is 4.79 Å². The van der Waals surface area contributed by atoms with Gasteiger partial charge in [-0.2, -0.15) is 0 Å². The van der Waals surface area contributed by atoms with Crippen LogP contribution >= 0.6 is 12.4 Å². The van der Waals surface area contributed by atoms with E-state index in [1.807, 2.05) is 38.1 Å². The minimum Gasteiger partial charge on any atom is -0.350 e. The Labute approximate surface area is 116 Å². The van der Waals surface area contributed by atoms with E-state index in [0.29, 0.717) is 18.0 Å². The molecule has 0 aromatic heterocycles. The fourth-order valence-electron chi connectivity index (χ4n) is 1.43. The minimum absolute atomic E-state index is 0. The first-order chi connectivity index (χ1) is 7.79. The van der Waals surface area contributed by atoms with Gasteiger partial charge in [-0.05, 0) is 37.5 Å². The van der Waals surface area contributed by atoms with E-state index in [4.69, 9.17) is 5.73 Å². The fraction of sp³-hybridized carbons (Fsp3) is 0.500. The maximum Gasteiger partial charge on any atom is 0.251 e. The van der Waals surface area contributed by atoms with Crippen LogP contribution in [0.1, 0.15) is 49.5 Å². The van der Waals surface area contributed by atoms with Crippen LogP contribution in [-0.2, 0) is 0 Å². The maximum atomic E-state index is 11.8. The van der Waals surface area contributed by atoms with Crippen molar-refractivity contribution in [2.45, 2.75) is 39.2 Å². The quantitative estimate of drug-likeness (QED) is 0.884. The van der Waals surface area contributed by atoms with Gasteiger partial charge in [-0.3, -0.25) is 4.79 Å². The van der Waals surface area contributed by atoms with Gasteiger partial charge in [0.15, 0.2) is 0 Å². The normalized spacial score (nSPS) is 11.0. The van der Waals surface area contributed by atoms with E-state index in [0.717, 1.165) is 0 Å². The van der Waals surface area contributed by atoms with Crippen molar-refractivity contribution < 1.29 is 4.79 Å². The molecule has 1 aromatic carbocycles. The van der Waals surface area contributed by atoms with Crippen molar-refractivity contribution in [2.24, 2.45) is 5.73 Å². The molecule has 0 saturated carbocycles. The number of hydrogen-bond donors (Lipinski definition) is 2. The van der Waals surface area contributed by atoms with Gasteiger partial charge in [0.2, 0.25) is 0 Å². The molecule has 0 fully saturated rings. The van der Waals surface area contributed by atoms with E-state index in [1.54, 1.807) is 0 Å². The van der Waals surface area contributed by atoms with Gasteiger partial charge in [-0.25, -0.2) is 0 Å². The number of carbonyl (C=O) groups is 1. The molecule has 3 N–H and O–H groups in total. The second-order valence-corrected chi connectivity index (χ2v) is 5.45. The van der Waals surface area contributed by atoms with Crippen LogP contribution in [0.4, 0.5) is 0 Å². The Morgan fingerprint density at radius 3 is 2.17 bits per heavy atom. The van der Waals surface area contributed by atoms with Gasteiger partial charge in [0.05, 0.1) is 0 Å². The van der Waals surface area contributed by atoms with Gasteiger partial charge >= 0.3 is 0 Å². The molecule has 0 atom stereocenters. The van der Waals surface area contributed by atoms with Crippen molar-refractivity contribution in [2.75, 3.05) is 6.54 Å². The van der Waals surface area contributed by atoms with Crippen molar-refractivity contribution >= 4 is 18.3 Å². The van der Waals surface area contributed by atoms with Crippen molar-refractivity contribution in [1.29, 1.82) is 0 Å². The molecule has 0 bridgehead atoms. The van der Waals surface area contributed by atoms with Crippen LogP contribution < -0.4 is 11.1 Å². The average molecular weight is 271 g/mol. The summed E-state index contributed by atoms with van der Waals surface area (Å²) in [6, 6.07) is 7.70. The largest absolute Gasteiger partial charge is 0.350 e. The second kappa shape index (κ2) is 6.76. The monoisotopic (exact) mass is 270 g/mol. The molecule has 0 saturated heterocycles. The number of benzene rings is 1. The molecule has 0 aliphatic rings. The number of hydrogen-bond acceptors (Lipinski definition) is 2. The maximum absolute atomic E-state index is 11.8. The molecule has 18 heavy (non-hydrogen) atoms. The summed E-state index contributed by atoms with van der Waals surface area (Å²) < 4.78 is 0. The predicted molar refractivity (Wildman–Crippen MR) is 78.4 cm³/mol. The number of nitrogens with one attached hydrogen (secondary N) is 1. The highest BCUT2D eigenvalue weighted by molar-refractivity contribution is 5.94. The molecule has 1 aromatic rings. The fourth-order valence-corrected chi connectivity index (χ4v) is 1.43. The highest BCUT2D eigenvalue weighted by Crippen LogP contribution is 2.14. The Balaban J connectivity index is 0.00000289. The van der Waals surface area contributed by atoms with E-state index < -0.39 is 0 Å². The van der Waals surface area contributed by atoms with E-state index >= 15 is 0 Å². The number of amides is 1. The van der Waals surface area contributed by atoms with Gasteiger partial charge in [-0.1, -0.05) is 26.0 Å². The van der Waals surface area contributed by atoms with Gasteiger partial charge in [0.1, 0.15) is 0 Å². The lowest BCUT2D eigenvalue weighted by Gasteiger charge is -2.19. The van der Waals surface area contributed by atoms with E-state index in [2.05, 4.69) is 19.2 Å². The summed E-state index contributed by atoms with van der Waals surface area (Å²) >= 11 is 0. The lowest BCUT2D eigenvalue weighted by atomic mass is 10.0. The molecule has 102 valence electrons. The summed E-state index contributed by atoms with van der Waals surface area (Å²) in [5.74, 6) is 0.411. The molecular weight excluding hydrogens is 248 g/mol. The van der Waals surface area contributed by atoms with E-state index in [1.165, 1.54) is 5.56 Å². The van der Waals surface area contributed by atoms with E-state index in [-0.39, 0.29) is 23.9 Å². The Hall–Kier alpha value is -1.06. The zero-order valence-corrected chi connectivity index (χ0v) is 12.3. The third-order valence-corrected chi connectivity index (χ3v) is 2.54. The topological polar surface area (TPSA) is 55.1 Å². The Kier molecular flexibility index (Phi) is 6.36. The van der Waals surface area contributed by atoms with Crippen LogP contribution in [0.5, 0.6) is 0 Å². The van der Waals surface area contributed by atoms with Crippen LogP contribution in [0.2, 0.25) is 0 Å². The smallest absolute Gasteiger partial charge is 0.251 e. The lowest BCUT2D eigenvalue weighted by Crippen LogP contribution is -2.45. The van der Waals surface area contributed by atoms with Crippen molar-refractivity contribution in [3.05, 3.63) is 35.4 Å². The molecular formula is C14H23ClN2O. The van der Waals surface area contributed by atoms with Gasteiger partial charge in [-0.15, -0.1) is 12.4 Å². The molecule has 0 heterocycles. The van der Waals surface area contributed by atoms with Gasteiger partial charge in [0, 0.05) is 17.6 Å². The first-order valence-corrected chi connectivity index (χ1v) is 5.96. The standard InChI is InChI=1S/C14H22N2O.ClH/c1-10(2)11-5-7-12(8-6-11)13(17)16-9-14(3,4)15;/h5-8,10H,9,15H2,1-4H3,(H,16,17);1H. The van der Waals surface area contributed by atoms with Crippen LogP contribution in [-0.4, -0.2) is 18.0 Å². The molecule has 0 aliphatic heterocycles. The molecule has 4 heteroatoms. The van der Waals surface area contributed by atoms with Gasteiger partial charge < -0.3 is 11.1 Å². The summed E-state index contributed by atoms with van der Waals surface area (Å²) in [5, 5.41) is 2.82. The Morgan fingerprint density at radius 1 is 1.28 bits per heavy atom. The number of carbonyl (C=O) groups excluding carboxylic acids is 1. The third-order valence-electron chi connectivity index (χ3n) is 2.54. The zero-order valence-electron chi connectivity index (χ0n) is 11.5. The average Bonchev–Trinajstić information content (AvgIpc) is 2.25. The summed E-state index contributed by atoms with van der Waals surface area (Å²) in [4.78, 5) is 11.8. The van der Waals surface area contributed by atoms with Crippen molar-refractivity contribution in [3.8, 4) is 0 Å². The third kappa shape index (κ3) is 5.52. The molecule has 3 nitrogen and oxygen atoms in total. The van der Waals surface area contributed by atoms with Crippen LogP contribution in [0, 0.1) is 0 Å². The lowest BCUT2D eigenvalue weighted by molar-refractivity contribution is 0.0946. The van der Waals surface area contributed by atoms with Crippen LogP contribution in [0.15, 0.2) is 24.3 Å². The molecule has 1 rings (SSSR count).